The summed E-state index contributed by atoms with van der Waals surface area (Å²) in [5.74, 6) is -0.704. The number of unbranched alkanes of at least 4 members (excludes halogenated alkanes) is 2. The van der Waals surface area contributed by atoms with Gasteiger partial charge in [0.05, 0.1) is 19.6 Å². The number of carboxylic acid groups (broad SMARTS) is 1. The number of carbonyl (C=O) groups is 1. The average molecular weight is 347 g/mol. The minimum atomic E-state index is -0.866. The molecule has 0 saturated carbocycles. The lowest BCUT2D eigenvalue weighted by atomic mass is 9.91. The number of rotatable bonds is 10. The fourth-order valence-corrected chi connectivity index (χ4v) is 2.79. The summed E-state index contributed by atoms with van der Waals surface area (Å²) in [4.78, 5) is 25.9. The Morgan fingerprint density at radius 2 is 1.88 bits per heavy atom. The summed E-state index contributed by atoms with van der Waals surface area (Å²) in [5.41, 5.74) is 0.756. The van der Waals surface area contributed by atoms with Crippen molar-refractivity contribution in [2.45, 2.75) is 31.6 Å². The molecule has 0 amide bonds. The molecule has 0 aliphatic heterocycles. The molecule has 0 unspecified atom stereocenters. The SMILES string of the molecule is COc1ccc2cc([C@H](CCCCCO[N+](=O)[O-])C(=O)O)ccc2c1. The van der Waals surface area contributed by atoms with E-state index >= 15 is 0 Å². The smallest absolute Gasteiger partial charge is 0.310 e. The van der Waals surface area contributed by atoms with Gasteiger partial charge < -0.3 is 14.7 Å². The third-order valence-corrected chi connectivity index (χ3v) is 4.11. The van der Waals surface area contributed by atoms with Gasteiger partial charge in [-0.05, 0) is 41.3 Å². The van der Waals surface area contributed by atoms with E-state index in [4.69, 9.17) is 4.74 Å². The molecule has 0 aliphatic rings. The number of ether oxygens (including phenoxy) is 1. The van der Waals surface area contributed by atoms with Gasteiger partial charge >= 0.3 is 5.97 Å². The molecule has 1 N–H and O–H groups in total. The van der Waals surface area contributed by atoms with Gasteiger partial charge in [0.15, 0.2) is 0 Å². The minimum Gasteiger partial charge on any atom is -0.497 e. The number of aliphatic carboxylic acids is 1. The van der Waals surface area contributed by atoms with Crippen molar-refractivity contribution < 1.29 is 24.6 Å². The number of fused-ring (bicyclic) bond motifs is 1. The van der Waals surface area contributed by atoms with Crippen molar-refractivity contribution >= 4 is 16.7 Å². The van der Waals surface area contributed by atoms with E-state index in [2.05, 4.69) is 4.84 Å². The fraction of sp³-hybridized carbons (Fsp3) is 0.389. The molecule has 0 aliphatic carbocycles. The normalized spacial score (nSPS) is 11.9. The Morgan fingerprint density at radius 3 is 2.56 bits per heavy atom. The highest BCUT2D eigenvalue weighted by Crippen LogP contribution is 2.28. The second-order valence-electron chi connectivity index (χ2n) is 5.77. The molecule has 2 rings (SSSR count). The van der Waals surface area contributed by atoms with E-state index < -0.39 is 17.0 Å². The maximum absolute atomic E-state index is 11.6. The van der Waals surface area contributed by atoms with Crippen LogP contribution in [0, 0.1) is 10.1 Å². The first-order valence-corrected chi connectivity index (χ1v) is 8.09. The topological polar surface area (TPSA) is 98.9 Å². The van der Waals surface area contributed by atoms with Crippen LogP contribution < -0.4 is 4.74 Å². The van der Waals surface area contributed by atoms with Gasteiger partial charge in [-0.3, -0.25) is 4.79 Å². The molecule has 0 bridgehead atoms. The Hall–Kier alpha value is -2.83. The highest BCUT2D eigenvalue weighted by Gasteiger charge is 2.19. The predicted octanol–water partition coefficient (Wildman–Crippen LogP) is 3.79. The second-order valence-corrected chi connectivity index (χ2v) is 5.77. The standard InChI is InChI=1S/C18H21NO6/c1-24-16-9-8-13-11-15(7-6-14(13)12-16)17(18(20)21)5-3-2-4-10-25-19(22)23/h6-9,11-12,17H,2-5,10H2,1H3,(H,20,21)/t17-/m0/s1. The van der Waals surface area contributed by atoms with Crippen LogP contribution in [0.4, 0.5) is 0 Å². The van der Waals surface area contributed by atoms with Crippen molar-refractivity contribution in [2.75, 3.05) is 13.7 Å². The monoisotopic (exact) mass is 347 g/mol. The van der Waals surface area contributed by atoms with Crippen molar-refractivity contribution in [2.24, 2.45) is 0 Å². The average Bonchev–Trinajstić information content (AvgIpc) is 2.59. The molecule has 0 radical (unpaired) electrons. The molecule has 7 nitrogen and oxygen atoms in total. The predicted molar refractivity (Wildman–Crippen MR) is 92.3 cm³/mol. The summed E-state index contributed by atoms with van der Waals surface area (Å²) in [6.07, 6.45) is 2.36. The van der Waals surface area contributed by atoms with Gasteiger partial charge in [-0.25, -0.2) is 0 Å². The van der Waals surface area contributed by atoms with Gasteiger partial charge in [0.25, 0.3) is 5.09 Å². The Kier molecular flexibility index (Phi) is 6.56. The molecule has 7 heteroatoms. The van der Waals surface area contributed by atoms with E-state index in [1.165, 1.54) is 0 Å². The van der Waals surface area contributed by atoms with Crippen LogP contribution in [0.15, 0.2) is 36.4 Å². The number of benzene rings is 2. The van der Waals surface area contributed by atoms with E-state index in [0.29, 0.717) is 25.7 Å². The molecule has 0 aromatic heterocycles. The molecule has 25 heavy (non-hydrogen) atoms. The first-order chi connectivity index (χ1) is 12.0. The van der Waals surface area contributed by atoms with Crippen molar-refractivity contribution in [3.05, 3.63) is 52.1 Å². The Balaban J connectivity index is 2.00. The van der Waals surface area contributed by atoms with Crippen molar-refractivity contribution in [3.63, 3.8) is 0 Å². The summed E-state index contributed by atoms with van der Waals surface area (Å²) >= 11 is 0. The van der Waals surface area contributed by atoms with Gasteiger partial charge in [-0.15, -0.1) is 10.1 Å². The van der Waals surface area contributed by atoms with Gasteiger partial charge in [0.1, 0.15) is 5.75 Å². The first-order valence-electron chi connectivity index (χ1n) is 8.09. The first kappa shape index (κ1) is 18.5. The molecular formula is C18H21NO6. The van der Waals surface area contributed by atoms with E-state index in [1.54, 1.807) is 7.11 Å². The lowest BCUT2D eigenvalue weighted by Crippen LogP contribution is -2.12. The Labute approximate surface area is 145 Å². The molecule has 134 valence electrons. The maximum Gasteiger partial charge on any atom is 0.310 e. The maximum atomic E-state index is 11.6. The number of nitrogens with zero attached hydrogens (tertiary/aromatic N) is 1. The van der Waals surface area contributed by atoms with E-state index in [-0.39, 0.29) is 6.61 Å². The van der Waals surface area contributed by atoms with Crippen LogP contribution in [0.5, 0.6) is 5.75 Å². The molecular weight excluding hydrogens is 326 g/mol. The second kappa shape index (κ2) is 8.86. The van der Waals surface area contributed by atoms with Crippen molar-refractivity contribution in [1.29, 1.82) is 0 Å². The van der Waals surface area contributed by atoms with Crippen LogP contribution in [0.1, 0.15) is 37.2 Å². The molecule has 0 spiro atoms. The quantitative estimate of drug-likeness (QED) is 0.399. The van der Waals surface area contributed by atoms with Crippen LogP contribution in [-0.4, -0.2) is 29.9 Å². The lowest BCUT2D eigenvalue weighted by molar-refractivity contribution is -0.757. The number of carboxylic acids is 1. The van der Waals surface area contributed by atoms with Gasteiger partial charge in [-0.2, -0.15) is 0 Å². The number of hydrogen-bond acceptors (Lipinski definition) is 5. The number of hydrogen-bond donors (Lipinski definition) is 1. The molecule has 0 saturated heterocycles. The highest BCUT2D eigenvalue weighted by molar-refractivity contribution is 5.86. The summed E-state index contributed by atoms with van der Waals surface area (Å²) in [6.45, 7) is 0.0442. The third kappa shape index (κ3) is 5.34. The fourth-order valence-electron chi connectivity index (χ4n) is 2.79. The highest BCUT2D eigenvalue weighted by atomic mass is 16.9. The van der Waals surface area contributed by atoms with Gasteiger partial charge in [0.2, 0.25) is 0 Å². The largest absolute Gasteiger partial charge is 0.497 e. The van der Waals surface area contributed by atoms with E-state index in [0.717, 1.165) is 22.1 Å². The van der Waals surface area contributed by atoms with Crippen molar-refractivity contribution in [3.8, 4) is 5.75 Å². The van der Waals surface area contributed by atoms with Crippen molar-refractivity contribution in [1.82, 2.24) is 0 Å². The zero-order valence-electron chi connectivity index (χ0n) is 14.0. The van der Waals surface area contributed by atoms with Gasteiger partial charge in [0, 0.05) is 0 Å². The summed E-state index contributed by atoms with van der Waals surface area (Å²) < 4.78 is 5.19. The molecule has 2 aromatic carbocycles. The lowest BCUT2D eigenvalue weighted by Gasteiger charge is -2.14. The molecule has 0 fully saturated rings. The molecule has 2 aromatic rings. The Bertz CT molecular complexity index is 745. The number of methoxy groups -OCH3 is 1. The molecule has 1 atom stereocenters. The third-order valence-electron chi connectivity index (χ3n) is 4.11. The summed E-state index contributed by atoms with van der Waals surface area (Å²) in [7, 11) is 1.60. The van der Waals surface area contributed by atoms with E-state index in [9.17, 15) is 20.0 Å². The zero-order valence-corrected chi connectivity index (χ0v) is 14.0. The summed E-state index contributed by atoms with van der Waals surface area (Å²) in [6, 6.07) is 11.3. The molecule has 0 heterocycles. The van der Waals surface area contributed by atoms with Crippen LogP contribution in [-0.2, 0) is 9.63 Å². The summed E-state index contributed by atoms with van der Waals surface area (Å²) in [5, 5.41) is 20.7. The minimum absolute atomic E-state index is 0.0442. The van der Waals surface area contributed by atoms with Crippen LogP contribution in [0.3, 0.4) is 0 Å². The van der Waals surface area contributed by atoms with Crippen LogP contribution in [0.25, 0.3) is 10.8 Å². The van der Waals surface area contributed by atoms with Crippen LogP contribution >= 0.6 is 0 Å². The van der Waals surface area contributed by atoms with E-state index in [1.807, 2.05) is 36.4 Å². The van der Waals surface area contributed by atoms with Gasteiger partial charge in [-0.1, -0.05) is 37.1 Å². The van der Waals surface area contributed by atoms with Crippen LogP contribution in [0.2, 0.25) is 0 Å². The zero-order chi connectivity index (χ0) is 18.2. The Morgan fingerprint density at radius 1 is 1.16 bits per heavy atom.